The van der Waals surface area contributed by atoms with Crippen LogP contribution in [0.15, 0.2) is 11.6 Å². The maximum atomic E-state index is 12.7. The van der Waals surface area contributed by atoms with Gasteiger partial charge in [-0.3, -0.25) is 0 Å². The van der Waals surface area contributed by atoms with E-state index in [0.717, 1.165) is 32.1 Å². The van der Waals surface area contributed by atoms with E-state index in [1.807, 2.05) is 0 Å². The summed E-state index contributed by atoms with van der Waals surface area (Å²) in [5.41, 5.74) is -2.28. The van der Waals surface area contributed by atoms with E-state index in [9.17, 15) is 30.0 Å². The molecule has 5 aliphatic carbocycles. The number of aliphatic carboxylic acids is 2. The van der Waals surface area contributed by atoms with Crippen LogP contribution in [0.4, 0.5) is 0 Å². The van der Waals surface area contributed by atoms with E-state index in [1.54, 1.807) is 6.92 Å². The largest absolute Gasteiger partial charge is 0.549 e. The molecule has 6 heteroatoms. The van der Waals surface area contributed by atoms with Crippen molar-refractivity contribution in [2.75, 3.05) is 0 Å². The van der Waals surface area contributed by atoms with E-state index < -0.39 is 40.4 Å². The maximum Gasteiger partial charge on any atom is 0.0662 e. The zero-order chi connectivity index (χ0) is 26.7. The van der Waals surface area contributed by atoms with Crippen molar-refractivity contribution in [1.29, 1.82) is 0 Å². The number of hydrogen-bond acceptors (Lipinski definition) is 6. The Morgan fingerprint density at radius 3 is 2.11 bits per heavy atom. The summed E-state index contributed by atoms with van der Waals surface area (Å²) >= 11 is 0. The minimum Gasteiger partial charge on any atom is -0.549 e. The van der Waals surface area contributed by atoms with Crippen LogP contribution >= 0.6 is 0 Å². The molecule has 0 aliphatic heterocycles. The predicted molar refractivity (Wildman–Crippen MR) is 131 cm³/mol. The molecule has 6 nitrogen and oxygen atoms in total. The van der Waals surface area contributed by atoms with Gasteiger partial charge in [0, 0.05) is 10.8 Å². The fourth-order valence-corrected chi connectivity index (χ4v) is 10.7. The lowest BCUT2D eigenvalue weighted by Crippen LogP contribution is -2.70. The quantitative estimate of drug-likeness (QED) is 0.562. The van der Waals surface area contributed by atoms with Gasteiger partial charge in [0.05, 0.1) is 24.1 Å². The standard InChI is InChI=1S/C30H46O6/c1-25(2)13-14-30(24(35)36)18(15-25)17-7-8-19-26(3)11-10-21(31)29(6,23(33)34)20(26)9-12-27(19,4)28(17,5)16-22(30)32/h7,18-22,31-32H,8-16H2,1-6H3,(H,33,34)(H,35,36)/p-2/t18?,19?,20?,21-,22?,26+,27+,28+,29-,30+/m0/s1. The monoisotopic (exact) mass is 500 g/mol. The van der Waals surface area contributed by atoms with Gasteiger partial charge in [-0.1, -0.05) is 53.2 Å². The van der Waals surface area contributed by atoms with Gasteiger partial charge in [-0.2, -0.15) is 0 Å². The van der Waals surface area contributed by atoms with E-state index in [2.05, 4.69) is 40.7 Å². The molecule has 10 atom stereocenters. The van der Waals surface area contributed by atoms with Gasteiger partial charge in [-0.25, -0.2) is 0 Å². The summed E-state index contributed by atoms with van der Waals surface area (Å²) in [5.74, 6) is -2.57. The molecule has 5 rings (SSSR count). The normalized spacial score (nSPS) is 53.7. The molecule has 0 bridgehead atoms. The SMILES string of the molecule is CC1(C)CC[C@]2(C(=O)[O-])C(O)C[C@]3(C)C(=CCC4[C@@]5(C)CC[C@H](O)[C@@](C)(C(=O)[O-])C5CC[C@]43C)C2C1. The first-order valence-electron chi connectivity index (χ1n) is 14.0. The highest BCUT2D eigenvalue weighted by atomic mass is 16.4. The average molecular weight is 501 g/mol. The fraction of sp³-hybridized carbons (Fsp3) is 0.867. The molecule has 0 aromatic carbocycles. The number of carboxylic acids is 2. The lowest BCUT2D eigenvalue weighted by molar-refractivity contribution is -0.337. The first-order valence-corrected chi connectivity index (χ1v) is 14.0. The lowest BCUT2D eigenvalue weighted by atomic mass is 9.33. The Morgan fingerprint density at radius 1 is 0.833 bits per heavy atom. The van der Waals surface area contributed by atoms with Crippen LogP contribution in [0.3, 0.4) is 0 Å². The van der Waals surface area contributed by atoms with Crippen LogP contribution in [0.1, 0.15) is 99.3 Å². The van der Waals surface area contributed by atoms with E-state index in [4.69, 9.17) is 0 Å². The van der Waals surface area contributed by atoms with Crippen molar-refractivity contribution in [3.05, 3.63) is 11.6 Å². The van der Waals surface area contributed by atoms with Crippen molar-refractivity contribution in [1.82, 2.24) is 0 Å². The fourth-order valence-electron chi connectivity index (χ4n) is 10.7. The van der Waals surface area contributed by atoms with Crippen LogP contribution in [0.2, 0.25) is 0 Å². The van der Waals surface area contributed by atoms with Crippen molar-refractivity contribution >= 4 is 11.9 Å². The van der Waals surface area contributed by atoms with Crippen LogP contribution in [0, 0.1) is 50.2 Å². The summed E-state index contributed by atoms with van der Waals surface area (Å²) < 4.78 is 0. The number of fused-ring (bicyclic) bond motifs is 7. The molecule has 0 radical (unpaired) electrons. The third-order valence-corrected chi connectivity index (χ3v) is 13.1. The van der Waals surface area contributed by atoms with E-state index in [-0.39, 0.29) is 34.0 Å². The predicted octanol–water partition coefficient (Wildman–Crippen LogP) is 2.60. The number of aliphatic hydroxyl groups is 2. The smallest absolute Gasteiger partial charge is 0.0662 e. The van der Waals surface area contributed by atoms with Crippen LogP contribution in [-0.4, -0.2) is 34.4 Å². The zero-order valence-electron chi connectivity index (χ0n) is 22.9. The highest BCUT2D eigenvalue weighted by molar-refractivity contribution is 5.76. The van der Waals surface area contributed by atoms with E-state index in [1.165, 1.54) is 5.57 Å². The van der Waals surface area contributed by atoms with Crippen molar-refractivity contribution in [2.45, 2.75) is 112 Å². The third-order valence-electron chi connectivity index (χ3n) is 13.1. The second-order valence-corrected chi connectivity index (χ2v) is 14.9. The third kappa shape index (κ3) is 2.92. The molecule has 0 spiro atoms. The summed E-state index contributed by atoms with van der Waals surface area (Å²) in [6, 6.07) is 0. The molecule has 4 fully saturated rings. The van der Waals surface area contributed by atoms with Gasteiger partial charge in [0.1, 0.15) is 0 Å². The molecule has 4 unspecified atom stereocenters. The second-order valence-electron chi connectivity index (χ2n) is 14.9. The van der Waals surface area contributed by atoms with Crippen molar-refractivity contribution < 1.29 is 30.0 Å². The van der Waals surface area contributed by atoms with Crippen LogP contribution < -0.4 is 10.2 Å². The molecule has 0 saturated heterocycles. The second kappa shape index (κ2) is 7.59. The molecule has 0 amide bonds. The first-order chi connectivity index (χ1) is 16.5. The Morgan fingerprint density at radius 2 is 1.50 bits per heavy atom. The van der Waals surface area contributed by atoms with Gasteiger partial charge in [-0.15, -0.1) is 0 Å². The van der Waals surface area contributed by atoms with Crippen LogP contribution in [0.25, 0.3) is 0 Å². The molecule has 5 aliphatic rings. The van der Waals surface area contributed by atoms with Crippen molar-refractivity contribution in [3.63, 3.8) is 0 Å². The van der Waals surface area contributed by atoms with E-state index in [0.29, 0.717) is 25.7 Å². The maximum absolute atomic E-state index is 12.7. The summed E-state index contributed by atoms with van der Waals surface area (Å²) in [5, 5.41) is 47.5. The number of carboxylic acid groups (broad SMARTS) is 2. The lowest BCUT2D eigenvalue weighted by Gasteiger charge is -2.72. The average Bonchev–Trinajstić information content (AvgIpc) is 2.76. The topological polar surface area (TPSA) is 121 Å². The van der Waals surface area contributed by atoms with Gasteiger partial charge in [0.15, 0.2) is 0 Å². The Bertz CT molecular complexity index is 1020. The number of carbonyl (C=O) groups excluding carboxylic acids is 2. The van der Waals surface area contributed by atoms with Crippen LogP contribution in [0.5, 0.6) is 0 Å². The Labute approximate surface area is 215 Å². The Kier molecular flexibility index (Phi) is 5.53. The molecule has 0 heterocycles. The number of carbonyl (C=O) groups is 2. The van der Waals surface area contributed by atoms with Gasteiger partial charge < -0.3 is 30.0 Å². The van der Waals surface area contributed by atoms with Gasteiger partial charge in [-0.05, 0) is 97.2 Å². The molecular formula is C30H44O6-2. The van der Waals surface area contributed by atoms with Crippen molar-refractivity contribution in [3.8, 4) is 0 Å². The Hall–Kier alpha value is -1.40. The first kappa shape index (κ1) is 26.2. The minimum atomic E-state index is -1.29. The van der Waals surface area contributed by atoms with Gasteiger partial charge >= 0.3 is 0 Å². The molecule has 0 aromatic heterocycles. The van der Waals surface area contributed by atoms with Gasteiger partial charge in [0.2, 0.25) is 0 Å². The molecule has 0 aromatic rings. The zero-order valence-corrected chi connectivity index (χ0v) is 22.9. The highest BCUT2D eigenvalue weighted by Gasteiger charge is 2.70. The molecule has 4 saturated carbocycles. The highest BCUT2D eigenvalue weighted by Crippen LogP contribution is 2.75. The van der Waals surface area contributed by atoms with Gasteiger partial charge in [0.25, 0.3) is 0 Å². The van der Waals surface area contributed by atoms with E-state index >= 15 is 0 Å². The summed E-state index contributed by atoms with van der Waals surface area (Å²) in [6.07, 6.45) is 6.08. The summed E-state index contributed by atoms with van der Waals surface area (Å²) in [6.45, 7) is 12.8. The number of hydrogen-bond donors (Lipinski definition) is 2. The molecule has 202 valence electrons. The number of aliphatic hydroxyl groups excluding tert-OH is 2. The Balaban J connectivity index is 1.63. The van der Waals surface area contributed by atoms with Crippen LogP contribution in [-0.2, 0) is 9.59 Å². The summed E-state index contributed by atoms with van der Waals surface area (Å²) in [4.78, 5) is 25.1. The summed E-state index contributed by atoms with van der Waals surface area (Å²) in [7, 11) is 0. The molecular weight excluding hydrogens is 456 g/mol. The minimum absolute atomic E-state index is 0.0143. The number of rotatable bonds is 2. The number of allylic oxidation sites excluding steroid dienone is 2. The van der Waals surface area contributed by atoms with Crippen molar-refractivity contribution in [2.24, 2.45) is 50.2 Å². The molecule has 36 heavy (non-hydrogen) atoms. The molecule has 2 N–H and O–H groups in total.